The van der Waals surface area contributed by atoms with Gasteiger partial charge in [0.15, 0.2) is 0 Å². The van der Waals surface area contributed by atoms with Crippen molar-refractivity contribution in [3.8, 4) is 12.3 Å². The fraction of sp³-hybridized carbons (Fsp3) is 0.636. The van der Waals surface area contributed by atoms with E-state index in [-0.39, 0.29) is 6.54 Å². The Balaban J connectivity index is 4.78. The van der Waals surface area contributed by atoms with Crippen LogP contribution in [0.15, 0.2) is 0 Å². The zero-order chi connectivity index (χ0) is 12.1. The molecule has 0 fully saturated rings. The summed E-state index contributed by atoms with van der Waals surface area (Å²) in [7, 11) is 0. The number of carboxylic acid groups (broad SMARTS) is 1. The highest BCUT2D eigenvalue weighted by Gasteiger charge is 2.38. The molecule has 4 nitrogen and oxygen atoms in total. The highest BCUT2D eigenvalue weighted by atomic mass is 16.4. The van der Waals surface area contributed by atoms with Crippen molar-refractivity contribution < 1.29 is 14.7 Å². The highest BCUT2D eigenvalue weighted by Crippen LogP contribution is 2.19. The number of rotatable bonds is 5. The summed E-state index contributed by atoms with van der Waals surface area (Å²) in [4.78, 5) is 24.1. The summed E-state index contributed by atoms with van der Waals surface area (Å²) in [6.45, 7) is 5.32. The molecule has 0 aliphatic carbocycles. The lowest BCUT2D eigenvalue weighted by Crippen LogP contribution is -2.45. The predicted molar refractivity (Wildman–Crippen MR) is 57.1 cm³/mol. The third kappa shape index (κ3) is 3.28. The maximum atomic E-state index is 11.8. The molecule has 0 heterocycles. The Kier molecular flexibility index (Phi) is 4.86. The first-order chi connectivity index (χ1) is 6.87. The molecule has 0 rings (SSSR count). The second-order valence-corrected chi connectivity index (χ2v) is 3.86. The van der Waals surface area contributed by atoms with Crippen LogP contribution in [0.5, 0.6) is 0 Å². The van der Waals surface area contributed by atoms with Crippen LogP contribution in [-0.2, 0) is 9.59 Å². The Morgan fingerprint density at radius 2 is 2.00 bits per heavy atom. The van der Waals surface area contributed by atoms with Gasteiger partial charge in [0, 0.05) is 6.54 Å². The molecule has 0 spiro atoms. The molecule has 0 radical (unpaired) electrons. The number of terminal acetylenes is 1. The summed E-state index contributed by atoms with van der Waals surface area (Å²) in [5, 5.41) is 8.90. The Morgan fingerprint density at radius 1 is 1.47 bits per heavy atom. The van der Waals surface area contributed by atoms with Crippen molar-refractivity contribution in [2.75, 3.05) is 13.1 Å². The molecular weight excluding hydrogens is 194 g/mol. The zero-order valence-corrected chi connectivity index (χ0v) is 9.41. The summed E-state index contributed by atoms with van der Waals surface area (Å²) < 4.78 is 0. The number of aliphatic carboxylic acids is 1. The van der Waals surface area contributed by atoms with E-state index in [0.29, 0.717) is 6.54 Å². The molecule has 84 valence electrons. The molecule has 0 aromatic carbocycles. The Hall–Kier alpha value is -1.50. The molecule has 4 heteroatoms. The van der Waals surface area contributed by atoms with E-state index in [1.54, 1.807) is 0 Å². The van der Waals surface area contributed by atoms with Crippen molar-refractivity contribution in [1.82, 2.24) is 4.90 Å². The van der Waals surface area contributed by atoms with E-state index in [1.165, 1.54) is 18.7 Å². The normalized spacial score (nSPS) is 10.5. The maximum absolute atomic E-state index is 11.8. The highest BCUT2D eigenvalue weighted by molar-refractivity contribution is 6.01. The van der Waals surface area contributed by atoms with Crippen molar-refractivity contribution >= 4 is 11.9 Å². The molecule has 0 unspecified atom stereocenters. The lowest BCUT2D eigenvalue weighted by molar-refractivity contribution is -0.157. The molecule has 1 amide bonds. The average molecular weight is 211 g/mol. The van der Waals surface area contributed by atoms with Gasteiger partial charge in [-0.25, -0.2) is 0 Å². The van der Waals surface area contributed by atoms with E-state index >= 15 is 0 Å². The van der Waals surface area contributed by atoms with Gasteiger partial charge < -0.3 is 10.0 Å². The molecule has 15 heavy (non-hydrogen) atoms. The van der Waals surface area contributed by atoms with E-state index < -0.39 is 17.3 Å². The van der Waals surface area contributed by atoms with Gasteiger partial charge in [-0.15, -0.1) is 6.42 Å². The van der Waals surface area contributed by atoms with Crippen LogP contribution in [0.25, 0.3) is 0 Å². The molecular formula is C11H17NO3. The quantitative estimate of drug-likeness (QED) is 0.544. The van der Waals surface area contributed by atoms with Gasteiger partial charge in [-0.3, -0.25) is 9.59 Å². The van der Waals surface area contributed by atoms with Gasteiger partial charge in [0.05, 0.1) is 6.54 Å². The van der Waals surface area contributed by atoms with E-state index in [0.717, 1.165) is 6.42 Å². The fourth-order valence-corrected chi connectivity index (χ4v) is 1.12. The first kappa shape index (κ1) is 13.5. The monoisotopic (exact) mass is 211 g/mol. The largest absolute Gasteiger partial charge is 0.480 e. The summed E-state index contributed by atoms with van der Waals surface area (Å²) in [6.07, 6.45) is 5.88. The third-order valence-corrected chi connectivity index (χ3v) is 2.13. The maximum Gasteiger partial charge on any atom is 0.318 e. The number of carbonyl (C=O) groups is 2. The predicted octanol–water partition coefficient (Wildman–Crippen LogP) is 0.969. The molecule has 0 saturated carbocycles. The molecule has 0 aliphatic rings. The molecule has 1 N–H and O–H groups in total. The van der Waals surface area contributed by atoms with Gasteiger partial charge in [-0.1, -0.05) is 12.8 Å². The number of carboxylic acids is 1. The minimum Gasteiger partial charge on any atom is -0.480 e. The van der Waals surface area contributed by atoms with Crippen LogP contribution >= 0.6 is 0 Å². The lowest BCUT2D eigenvalue weighted by atomic mass is 9.92. The van der Waals surface area contributed by atoms with Crippen LogP contribution in [0.2, 0.25) is 0 Å². The van der Waals surface area contributed by atoms with Gasteiger partial charge in [-0.2, -0.15) is 0 Å². The van der Waals surface area contributed by atoms with Crippen LogP contribution in [-0.4, -0.2) is 35.0 Å². The summed E-state index contributed by atoms with van der Waals surface area (Å²) in [5.41, 5.74) is -1.41. The fourth-order valence-electron chi connectivity index (χ4n) is 1.12. The number of nitrogens with zero attached hydrogens (tertiary/aromatic N) is 1. The van der Waals surface area contributed by atoms with E-state index in [4.69, 9.17) is 11.5 Å². The van der Waals surface area contributed by atoms with Gasteiger partial charge >= 0.3 is 5.97 Å². The lowest BCUT2D eigenvalue weighted by Gasteiger charge is -2.27. The van der Waals surface area contributed by atoms with E-state index in [9.17, 15) is 9.59 Å². The van der Waals surface area contributed by atoms with Crippen molar-refractivity contribution in [3.63, 3.8) is 0 Å². The molecule has 0 aromatic rings. The minimum atomic E-state index is -1.41. The standard InChI is InChI=1S/C11H17NO3/c1-5-7-12(8-6-2)9(13)11(3,4)10(14)15/h1H,6-8H2,2-4H3,(H,14,15). The number of carbonyl (C=O) groups excluding carboxylic acids is 1. The van der Waals surface area contributed by atoms with Crippen molar-refractivity contribution in [1.29, 1.82) is 0 Å². The van der Waals surface area contributed by atoms with Crippen LogP contribution in [0.1, 0.15) is 27.2 Å². The Labute approximate surface area is 90.3 Å². The molecule has 0 atom stereocenters. The SMILES string of the molecule is C#CCN(CCC)C(=O)C(C)(C)C(=O)O. The molecule has 0 aromatic heterocycles. The summed E-state index contributed by atoms with van der Waals surface area (Å²) in [6, 6.07) is 0. The number of hydrogen-bond donors (Lipinski definition) is 1. The molecule has 0 bridgehead atoms. The van der Waals surface area contributed by atoms with Gasteiger partial charge in [0.2, 0.25) is 5.91 Å². The van der Waals surface area contributed by atoms with E-state index in [2.05, 4.69) is 5.92 Å². The smallest absolute Gasteiger partial charge is 0.318 e. The van der Waals surface area contributed by atoms with Crippen LogP contribution in [0, 0.1) is 17.8 Å². The zero-order valence-electron chi connectivity index (χ0n) is 9.41. The molecule has 0 aliphatic heterocycles. The Bertz CT molecular complexity index is 289. The molecule has 0 saturated heterocycles. The second kappa shape index (κ2) is 5.40. The van der Waals surface area contributed by atoms with Crippen LogP contribution < -0.4 is 0 Å². The Morgan fingerprint density at radius 3 is 2.33 bits per heavy atom. The summed E-state index contributed by atoms with van der Waals surface area (Å²) >= 11 is 0. The van der Waals surface area contributed by atoms with Gasteiger partial charge in [0.25, 0.3) is 0 Å². The van der Waals surface area contributed by atoms with Crippen molar-refractivity contribution in [2.45, 2.75) is 27.2 Å². The van der Waals surface area contributed by atoms with Crippen LogP contribution in [0.3, 0.4) is 0 Å². The topological polar surface area (TPSA) is 57.6 Å². The van der Waals surface area contributed by atoms with Crippen molar-refractivity contribution in [3.05, 3.63) is 0 Å². The first-order valence-electron chi connectivity index (χ1n) is 4.84. The van der Waals surface area contributed by atoms with Crippen molar-refractivity contribution in [2.24, 2.45) is 5.41 Å². The van der Waals surface area contributed by atoms with Gasteiger partial charge in [-0.05, 0) is 20.3 Å². The first-order valence-corrected chi connectivity index (χ1v) is 4.84. The van der Waals surface area contributed by atoms with E-state index in [1.807, 2.05) is 6.92 Å². The summed E-state index contributed by atoms with van der Waals surface area (Å²) in [5.74, 6) is 0.788. The number of hydrogen-bond acceptors (Lipinski definition) is 2. The number of amides is 1. The van der Waals surface area contributed by atoms with Crippen LogP contribution in [0.4, 0.5) is 0 Å². The second-order valence-electron chi connectivity index (χ2n) is 3.86. The average Bonchev–Trinajstić information content (AvgIpc) is 2.16. The minimum absolute atomic E-state index is 0.156. The van der Waals surface area contributed by atoms with Gasteiger partial charge in [0.1, 0.15) is 5.41 Å². The third-order valence-electron chi connectivity index (χ3n) is 2.13.